The first-order valence-corrected chi connectivity index (χ1v) is 6.17. The molecule has 1 saturated carbocycles. The Bertz CT molecular complexity index is 338. The lowest BCUT2D eigenvalue weighted by Gasteiger charge is -2.36. The van der Waals surface area contributed by atoms with E-state index in [0.29, 0.717) is 6.61 Å². The van der Waals surface area contributed by atoms with Gasteiger partial charge >= 0.3 is 0 Å². The van der Waals surface area contributed by atoms with Gasteiger partial charge in [0, 0.05) is 24.6 Å². The van der Waals surface area contributed by atoms with Gasteiger partial charge in [-0.05, 0) is 19.8 Å². The normalized spacial score (nSPS) is 20.4. The average Bonchev–Trinajstić information content (AvgIpc) is 2.81. The van der Waals surface area contributed by atoms with Crippen molar-refractivity contribution in [2.45, 2.75) is 44.2 Å². The van der Waals surface area contributed by atoms with Crippen LogP contribution in [0.3, 0.4) is 0 Å². The number of ether oxygens (including phenoxy) is 1. The maximum atomic E-state index is 6.00. The SMILES string of the molecule is CCOC1(C(NN)c2cncnc2)CCCC1. The molecule has 3 N–H and O–H groups in total. The number of hydrogen-bond acceptors (Lipinski definition) is 5. The Hall–Kier alpha value is -1.04. The number of nitrogens with two attached hydrogens (primary N) is 1. The van der Waals surface area contributed by atoms with Crippen molar-refractivity contribution in [1.82, 2.24) is 15.4 Å². The Morgan fingerprint density at radius 2 is 2.06 bits per heavy atom. The molecule has 1 aromatic heterocycles. The van der Waals surface area contributed by atoms with Crippen LogP contribution in [0.25, 0.3) is 0 Å². The van der Waals surface area contributed by atoms with E-state index in [1.54, 1.807) is 12.4 Å². The van der Waals surface area contributed by atoms with Crippen LogP contribution in [0, 0.1) is 0 Å². The fourth-order valence-corrected chi connectivity index (χ4v) is 2.79. The fraction of sp³-hybridized carbons (Fsp3) is 0.667. The monoisotopic (exact) mass is 236 g/mol. The molecule has 5 heteroatoms. The van der Waals surface area contributed by atoms with Crippen LogP contribution in [-0.2, 0) is 4.74 Å². The molecule has 17 heavy (non-hydrogen) atoms. The second-order valence-electron chi connectivity index (χ2n) is 4.48. The van der Waals surface area contributed by atoms with Crippen LogP contribution in [0.15, 0.2) is 18.7 Å². The maximum Gasteiger partial charge on any atom is 0.115 e. The van der Waals surface area contributed by atoms with Gasteiger partial charge in [0.15, 0.2) is 0 Å². The van der Waals surface area contributed by atoms with E-state index in [4.69, 9.17) is 10.6 Å². The van der Waals surface area contributed by atoms with Gasteiger partial charge in [-0.1, -0.05) is 12.8 Å². The Labute approximate surface area is 102 Å². The molecule has 0 amide bonds. The van der Waals surface area contributed by atoms with E-state index in [1.807, 2.05) is 6.92 Å². The number of rotatable bonds is 5. The van der Waals surface area contributed by atoms with Gasteiger partial charge in [-0.3, -0.25) is 5.84 Å². The average molecular weight is 236 g/mol. The Morgan fingerprint density at radius 1 is 1.41 bits per heavy atom. The molecular formula is C12H20N4O. The summed E-state index contributed by atoms with van der Waals surface area (Å²) in [6.45, 7) is 2.72. The van der Waals surface area contributed by atoms with E-state index in [-0.39, 0.29) is 11.6 Å². The molecule has 0 spiro atoms. The molecule has 0 aromatic carbocycles. The highest BCUT2D eigenvalue weighted by Crippen LogP contribution is 2.42. The standard InChI is InChI=1S/C12H20N4O/c1-2-17-12(5-3-4-6-12)11(16-13)10-7-14-9-15-8-10/h7-9,11,16H,2-6,13H2,1H3. The lowest BCUT2D eigenvalue weighted by atomic mass is 9.88. The zero-order chi connectivity index (χ0) is 12.1. The van der Waals surface area contributed by atoms with Crippen LogP contribution in [0.2, 0.25) is 0 Å². The van der Waals surface area contributed by atoms with Crippen molar-refractivity contribution in [2.24, 2.45) is 5.84 Å². The summed E-state index contributed by atoms with van der Waals surface area (Å²) in [5, 5.41) is 0. The molecule has 1 unspecified atom stereocenters. The molecule has 5 nitrogen and oxygen atoms in total. The van der Waals surface area contributed by atoms with Gasteiger partial charge in [0.05, 0.1) is 11.6 Å². The van der Waals surface area contributed by atoms with Crippen molar-refractivity contribution in [3.63, 3.8) is 0 Å². The highest BCUT2D eigenvalue weighted by molar-refractivity contribution is 5.16. The smallest absolute Gasteiger partial charge is 0.115 e. The molecule has 1 aromatic rings. The summed E-state index contributed by atoms with van der Waals surface area (Å²) in [5.41, 5.74) is 3.67. The third-order valence-electron chi connectivity index (χ3n) is 3.49. The minimum atomic E-state index is -0.200. The van der Waals surface area contributed by atoms with E-state index in [1.165, 1.54) is 19.2 Å². The highest BCUT2D eigenvalue weighted by Gasteiger charge is 2.42. The largest absolute Gasteiger partial charge is 0.373 e. The quantitative estimate of drug-likeness (QED) is 0.596. The zero-order valence-corrected chi connectivity index (χ0v) is 10.2. The molecule has 0 bridgehead atoms. The van der Waals surface area contributed by atoms with E-state index < -0.39 is 0 Å². The number of hydrogen-bond donors (Lipinski definition) is 2. The minimum absolute atomic E-state index is 0.0360. The van der Waals surface area contributed by atoms with Gasteiger partial charge in [-0.15, -0.1) is 0 Å². The highest BCUT2D eigenvalue weighted by atomic mass is 16.5. The van der Waals surface area contributed by atoms with E-state index in [0.717, 1.165) is 18.4 Å². The molecular weight excluding hydrogens is 216 g/mol. The number of aromatic nitrogens is 2. The summed E-state index contributed by atoms with van der Waals surface area (Å²) in [4.78, 5) is 8.11. The minimum Gasteiger partial charge on any atom is -0.373 e. The summed E-state index contributed by atoms with van der Waals surface area (Å²) in [6, 6.07) is -0.0360. The molecule has 2 rings (SSSR count). The Balaban J connectivity index is 2.26. The molecule has 1 atom stereocenters. The van der Waals surface area contributed by atoms with Gasteiger partial charge in [-0.25, -0.2) is 15.4 Å². The second kappa shape index (κ2) is 5.53. The summed E-state index contributed by atoms with van der Waals surface area (Å²) in [7, 11) is 0. The summed E-state index contributed by atoms with van der Waals surface area (Å²) >= 11 is 0. The predicted molar refractivity (Wildman–Crippen MR) is 64.9 cm³/mol. The van der Waals surface area contributed by atoms with Crippen LogP contribution in [0.1, 0.15) is 44.2 Å². The van der Waals surface area contributed by atoms with Gasteiger partial charge < -0.3 is 4.74 Å². The molecule has 1 aliphatic rings. The van der Waals surface area contributed by atoms with Crippen LogP contribution >= 0.6 is 0 Å². The first-order chi connectivity index (χ1) is 8.32. The van der Waals surface area contributed by atoms with Gasteiger partial charge in [0.1, 0.15) is 6.33 Å². The number of nitrogens with one attached hydrogen (secondary N) is 1. The van der Waals surface area contributed by atoms with Gasteiger partial charge in [-0.2, -0.15) is 0 Å². The van der Waals surface area contributed by atoms with Crippen molar-refractivity contribution < 1.29 is 4.74 Å². The van der Waals surface area contributed by atoms with Crippen molar-refractivity contribution in [1.29, 1.82) is 0 Å². The topological polar surface area (TPSA) is 73.1 Å². The van der Waals surface area contributed by atoms with Crippen molar-refractivity contribution in [3.8, 4) is 0 Å². The molecule has 0 aliphatic heterocycles. The third kappa shape index (κ3) is 2.46. The molecule has 0 radical (unpaired) electrons. The first kappa shape index (κ1) is 12.4. The predicted octanol–water partition coefficient (Wildman–Crippen LogP) is 1.33. The molecule has 1 fully saturated rings. The van der Waals surface area contributed by atoms with Crippen molar-refractivity contribution >= 4 is 0 Å². The lowest BCUT2D eigenvalue weighted by molar-refractivity contribution is -0.0628. The van der Waals surface area contributed by atoms with E-state index in [2.05, 4.69) is 15.4 Å². The Morgan fingerprint density at radius 3 is 2.59 bits per heavy atom. The lowest BCUT2D eigenvalue weighted by Crippen LogP contribution is -2.47. The van der Waals surface area contributed by atoms with Crippen LogP contribution in [0.5, 0.6) is 0 Å². The summed E-state index contributed by atoms with van der Waals surface area (Å²) in [6.07, 6.45) is 9.57. The van der Waals surface area contributed by atoms with Crippen molar-refractivity contribution in [3.05, 3.63) is 24.3 Å². The van der Waals surface area contributed by atoms with Crippen LogP contribution in [-0.4, -0.2) is 22.2 Å². The number of nitrogens with zero attached hydrogens (tertiary/aromatic N) is 2. The van der Waals surface area contributed by atoms with E-state index in [9.17, 15) is 0 Å². The first-order valence-electron chi connectivity index (χ1n) is 6.17. The molecule has 1 heterocycles. The van der Waals surface area contributed by atoms with Crippen LogP contribution < -0.4 is 11.3 Å². The third-order valence-corrected chi connectivity index (χ3v) is 3.49. The van der Waals surface area contributed by atoms with Crippen LogP contribution in [0.4, 0.5) is 0 Å². The van der Waals surface area contributed by atoms with Crippen molar-refractivity contribution in [2.75, 3.05) is 6.61 Å². The van der Waals surface area contributed by atoms with E-state index >= 15 is 0 Å². The fourth-order valence-electron chi connectivity index (χ4n) is 2.79. The summed E-state index contributed by atoms with van der Waals surface area (Å²) in [5.74, 6) is 5.71. The van der Waals surface area contributed by atoms with Gasteiger partial charge in [0.2, 0.25) is 0 Å². The molecule has 1 aliphatic carbocycles. The number of hydrazine groups is 1. The summed E-state index contributed by atoms with van der Waals surface area (Å²) < 4.78 is 6.00. The molecule has 0 saturated heterocycles. The second-order valence-corrected chi connectivity index (χ2v) is 4.48. The van der Waals surface area contributed by atoms with Gasteiger partial charge in [0.25, 0.3) is 0 Å². The zero-order valence-electron chi connectivity index (χ0n) is 10.2. The Kier molecular flexibility index (Phi) is 4.04. The maximum absolute atomic E-state index is 6.00. The molecule has 94 valence electrons.